The fourth-order valence-electron chi connectivity index (χ4n) is 3.86. The molecule has 4 aromatic rings. The summed E-state index contributed by atoms with van der Waals surface area (Å²) in [5.41, 5.74) is 1.11. The van der Waals surface area contributed by atoms with Crippen LogP contribution in [0.15, 0.2) is 108 Å². The van der Waals surface area contributed by atoms with E-state index in [0.717, 1.165) is 5.75 Å². The number of morpholine rings is 1. The largest absolute Gasteiger partial charge is 0.457 e. The van der Waals surface area contributed by atoms with Crippen LogP contribution in [0, 0.1) is 0 Å². The first kappa shape index (κ1) is 25.5. The number of nitrogens with zero attached hydrogens (tertiary/aromatic N) is 1. The number of benzene rings is 4. The Morgan fingerprint density at radius 2 is 1.18 bits per heavy atom. The molecule has 8 nitrogen and oxygen atoms in total. The first-order chi connectivity index (χ1) is 18.5. The second-order valence-electron chi connectivity index (χ2n) is 8.51. The van der Waals surface area contributed by atoms with Crippen molar-refractivity contribution in [3.8, 4) is 23.0 Å². The van der Waals surface area contributed by atoms with Crippen molar-refractivity contribution in [3.63, 3.8) is 0 Å². The smallest absolute Gasteiger partial charge is 0.255 e. The van der Waals surface area contributed by atoms with Gasteiger partial charge in [-0.15, -0.1) is 0 Å². The Morgan fingerprint density at radius 3 is 1.76 bits per heavy atom. The summed E-state index contributed by atoms with van der Waals surface area (Å²) in [5, 5.41) is 2.86. The van der Waals surface area contributed by atoms with Crippen molar-refractivity contribution < 1.29 is 27.4 Å². The molecule has 1 saturated heterocycles. The van der Waals surface area contributed by atoms with E-state index in [2.05, 4.69) is 5.32 Å². The van der Waals surface area contributed by atoms with Crippen LogP contribution in [0.4, 0.5) is 5.69 Å². The maximum Gasteiger partial charge on any atom is 0.255 e. The first-order valence-corrected chi connectivity index (χ1v) is 13.5. The van der Waals surface area contributed by atoms with Crippen molar-refractivity contribution in [1.29, 1.82) is 0 Å². The zero-order valence-electron chi connectivity index (χ0n) is 20.4. The minimum atomic E-state index is -3.56. The number of carbonyl (C=O) groups excluding carboxylic acids is 1. The van der Waals surface area contributed by atoms with E-state index in [1.165, 1.54) is 16.4 Å². The lowest BCUT2D eigenvalue weighted by atomic mass is 10.2. The van der Waals surface area contributed by atoms with E-state index in [-0.39, 0.29) is 10.8 Å². The Bertz CT molecular complexity index is 1470. The van der Waals surface area contributed by atoms with Gasteiger partial charge < -0.3 is 19.5 Å². The van der Waals surface area contributed by atoms with Crippen molar-refractivity contribution >= 4 is 21.6 Å². The summed E-state index contributed by atoms with van der Waals surface area (Å²) in [4.78, 5) is 12.9. The molecular formula is C29H26N2O6S. The quantitative estimate of drug-likeness (QED) is 0.321. The van der Waals surface area contributed by atoms with Gasteiger partial charge in [-0.05, 0) is 84.9 Å². The standard InChI is InChI=1S/C29H26N2O6S/c32-29(22-6-10-25(11-7-22)36-24-4-2-1-3-5-24)30-23-8-12-26(13-9-23)37-27-14-16-28(17-15-27)38(33,34)31-18-20-35-21-19-31/h1-17H,18-21H2,(H,30,32). The number of para-hydroxylation sites is 1. The molecule has 1 aliphatic rings. The Hall–Kier alpha value is -4.18. The maximum absolute atomic E-state index is 12.8. The molecule has 1 aliphatic heterocycles. The normalized spacial score (nSPS) is 14.0. The molecule has 0 unspecified atom stereocenters. The average Bonchev–Trinajstić information content (AvgIpc) is 2.96. The minimum Gasteiger partial charge on any atom is -0.457 e. The van der Waals surface area contributed by atoms with E-state index in [1.54, 1.807) is 60.7 Å². The van der Waals surface area contributed by atoms with Gasteiger partial charge in [-0.25, -0.2) is 8.42 Å². The SMILES string of the molecule is O=C(Nc1ccc(Oc2ccc(S(=O)(=O)N3CCOCC3)cc2)cc1)c1ccc(Oc2ccccc2)cc1. The monoisotopic (exact) mass is 530 g/mol. The van der Waals surface area contributed by atoms with Crippen molar-refractivity contribution in [1.82, 2.24) is 4.31 Å². The van der Waals surface area contributed by atoms with Crippen LogP contribution in [0.25, 0.3) is 0 Å². The summed E-state index contributed by atoms with van der Waals surface area (Å²) in [6.07, 6.45) is 0. The Balaban J connectivity index is 1.16. The van der Waals surface area contributed by atoms with Crippen LogP contribution in [0.5, 0.6) is 23.0 Å². The van der Waals surface area contributed by atoms with Gasteiger partial charge in [-0.2, -0.15) is 4.31 Å². The molecule has 5 rings (SSSR count). The van der Waals surface area contributed by atoms with Crippen LogP contribution in [-0.2, 0) is 14.8 Å². The Kier molecular flexibility index (Phi) is 7.69. The predicted octanol–water partition coefficient (Wildman–Crippen LogP) is 5.54. The van der Waals surface area contributed by atoms with E-state index in [4.69, 9.17) is 14.2 Å². The minimum absolute atomic E-state index is 0.212. The first-order valence-electron chi connectivity index (χ1n) is 12.1. The lowest BCUT2D eigenvalue weighted by Gasteiger charge is -2.26. The summed E-state index contributed by atoms with van der Waals surface area (Å²) >= 11 is 0. The van der Waals surface area contributed by atoms with E-state index in [9.17, 15) is 13.2 Å². The molecule has 0 bridgehead atoms. The number of hydrogen-bond acceptors (Lipinski definition) is 6. The molecule has 0 saturated carbocycles. The third kappa shape index (κ3) is 6.20. The van der Waals surface area contributed by atoms with Crippen molar-refractivity contribution in [2.24, 2.45) is 0 Å². The molecule has 0 aromatic heterocycles. The van der Waals surface area contributed by atoms with E-state index < -0.39 is 10.0 Å². The number of anilines is 1. The van der Waals surface area contributed by atoms with Gasteiger partial charge in [0.2, 0.25) is 10.0 Å². The number of carbonyl (C=O) groups is 1. The molecule has 1 fully saturated rings. The number of sulfonamides is 1. The molecule has 1 amide bonds. The topological polar surface area (TPSA) is 94.2 Å². The molecule has 194 valence electrons. The fraction of sp³-hybridized carbons (Fsp3) is 0.138. The van der Waals surface area contributed by atoms with Gasteiger partial charge in [0.15, 0.2) is 0 Å². The summed E-state index contributed by atoms with van der Waals surface area (Å²) in [6, 6.07) is 29.5. The highest BCUT2D eigenvalue weighted by Crippen LogP contribution is 2.26. The zero-order valence-corrected chi connectivity index (χ0v) is 21.3. The number of nitrogens with one attached hydrogen (secondary N) is 1. The fourth-order valence-corrected chi connectivity index (χ4v) is 5.27. The summed E-state index contributed by atoms with van der Waals surface area (Å²) in [6.45, 7) is 1.48. The molecule has 9 heteroatoms. The van der Waals surface area contributed by atoms with Crippen LogP contribution in [-0.4, -0.2) is 44.9 Å². The lowest BCUT2D eigenvalue weighted by Crippen LogP contribution is -2.40. The van der Waals surface area contributed by atoms with Gasteiger partial charge >= 0.3 is 0 Å². The molecule has 4 aromatic carbocycles. The average molecular weight is 531 g/mol. The number of ether oxygens (including phenoxy) is 3. The molecule has 38 heavy (non-hydrogen) atoms. The second-order valence-corrected chi connectivity index (χ2v) is 10.4. The van der Waals surface area contributed by atoms with Gasteiger partial charge in [-0.1, -0.05) is 18.2 Å². The highest BCUT2D eigenvalue weighted by Gasteiger charge is 2.26. The molecule has 0 aliphatic carbocycles. The van der Waals surface area contributed by atoms with Crippen LogP contribution >= 0.6 is 0 Å². The Morgan fingerprint density at radius 1 is 0.684 bits per heavy atom. The van der Waals surface area contributed by atoms with Gasteiger partial charge in [0, 0.05) is 24.3 Å². The van der Waals surface area contributed by atoms with Crippen LogP contribution < -0.4 is 14.8 Å². The van der Waals surface area contributed by atoms with Crippen molar-refractivity contribution in [2.45, 2.75) is 4.90 Å². The van der Waals surface area contributed by atoms with E-state index in [1.807, 2.05) is 30.3 Å². The van der Waals surface area contributed by atoms with Crippen molar-refractivity contribution in [3.05, 3.63) is 109 Å². The predicted molar refractivity (Wildman–Crippen MR) is 143 cm³/mol. The lowest BCUT2D eigenvalue weighted by molar-refractivity contribution is 0.0730. The van der Waals surface area contributed by atoms with Crippen LogP contribution in [0.3, 0.4) is 0 Å². The maximum atomic E-state index is 12.8. The molecule has 0 spiro atoms. The van der Waals surface area contributed by atoms with Crippen LogP contribution in [0.2, 0.25) is 0 Å². The third-order valence-electron chi connectivity index (χ3n) is 5.87. The molecule has 0 atom stereocenters. The molecule has 1 N–H and O–H groups in total. The molecule has 0 radical (unpaired) electrons. The number of amides is 1. The van der Waals surface area contributed by atoms with E-state index in [0.29, 0.717) is 54.8 Å². The summed E-state index contributed by atoms with van der Waals surface area (Å²) < 4.78 is 43.8. The van der Waals surface area contributed by atoms with Crippen molar-refractivity contribution in [2.75, 3.05) is 31.6 Å². The molecular weight excluding hydrogens is 504 g/mol. The van der Waals surface area contributed by atoms with Gasteiger partial charge in [0.05, 0.1) is 18.1 Å². The van der Waals surface area contributed by atoms with Gasteiger partial charge in [0.1, 0.15) is 23.0 Å². The van der Waals surface area contributed by atoms with Gasteiger partial charge in [-0.3, -0.25) is 4.79 Å². The number of rotatable bonds is 8. The second kappa shape index (κ2) is 11.5. The molecule has 1 heterocycles. The highest BCUT2D eigenvalue weighted by molar-refractivity contribution is 7.89. The number of hydrogen-bond donors (Lipinski definition) is 1. The van der Waals surface area contributed by atoms with E-state index >= 15 is 0 Å². The third-order valence-corrected chi connectivity index (χ3v) is 7.79. The van der Waals surface area contributed by atoms with Crippen LogP contribution in [0.1, 0.15) is 10.4 Å². The summed E-state index contributed by atoms with van der Waals surface area (Å²) in [5.74, 6) is 2.17. The zero-order chi connectivity index (χ0) is 26.4. The summed E-state index contributed by atoms with van der Waals surface area (Å²) in [7, 11) is -3.56. The van der Waals surface area contributed by atoms with Gasteiger partial charge in [0.25, 0.3) is 5.91 Å². The Labute approximate surface area is 221 Å². The highest BCUT2D eigenvalue weighted by atomic mass is 32.2.